The lowest BCUT2D eigenvalue weighted by Gasteiger charge is -2.34. The molecule has 5 nitrogen and oxygen atoms in total. The first-order valence-electron chi connectivity index (χ1n) is 7.55. The zero-order chi connectivity index (χ0) is 15.2. The largest absolute Gasteiger partial charge is 0.340 e. The Morgan fingerprint density at radius 1 is 1.00 bits per heavy atom. The summed E-state index contributed by atoms with van der Waals surface area (Å²) in [5, 5.41) is 3.45. The molecule has 1 saturated heterocycles. The summed E-state index contributed by atoms with van der Waals surface area (Å²) < 4.78 is 0. The summed E-state index contributed by atoms with van der Waals surface area (Å²) in [4.78, 5) is 13.5. The van der Waals surface area contributed by atoms with Crippen LogP contribution in [0.25, 0.3) is 0 Å². The van der Waals surface area contributed by atoms with Crippen molar-refractivity contribution in [3.8, 4) is 0 Å². The molecule has 0 amide bonds. The number of rotatable bonds is 2. The molecule has 5 heteroatoms. The number of guanidine groups is 1. The number of piperazine rings is 1. The van der Waals surface area contributed by atoms with Crippen LogP contribution in [0.3, 0.4) is 0 Å². The lowest BCUT2D eigenvalue weighted by Crippen LogP contribution is -2.49. The molecule has 0 spiro atoms. The third-order valence-corrected chi connectivity index (χ3v) is 3.73. The Bertz CT molecular complexity index is 603. The molecule has 0 bridgehead atoms. The molecule has 1 aromatic heterocycles. The highest BCUT2D eigenvalue weighted by atomic mass is 15.3. The average Bonchev–Trinajstić information content (AvgIpc) is 2.57. The van der Waals surface area contributed by atoms with Crippen molar-refractivity contribution in [3.05, 3.63) is 54.9 Å². The van der Waals surface area contributed by atoms with Crippen LogP contribution in [0, 0.1) is 0 Å². The van der Waals surface area contributed by atoms with E-state index in [4.69, 9.17) is 4.99 Å². The zero-order valence-electron chi connectivity index (χ0n) is 12.8. The smallest absolute Gasteiger partial charge is 0.203 e. The molecule has 0 saturated carbocycles. The van der Waals surface area contributed by atoms with Crippen LogP contribution in [0.2, 0.25) is 0 Å². The minimum Gasteiger partial charge on any atom is -0.340 e. The van der Waals surface area contributed by atoms with Crippen LogP contribution in [0.5, 0.6) is 0 Å². The lowest BCUT2D eigenvalue weighted by atomic mass is 10.3. The van der Waals surface area contributed by atoms with Crippen LogP contribution in [-0.2, 0) is 0 Å². The SMILES string of the molecule is CN1CCN(C(=Nc2ccncc2)Nc2ccccc2)CC1. The molecule has 2 aromatic rings. The van der Waals surface area contributed by atoms with Crippen molar-refractivity contribution >= 4 is 17.3 Å². The van der Waals surface area contributed by atoms with Gasteiger partial charge in [0.05, 0.1) is 5.69 Å². The Hall–Kier alpha value is -2.40. The quantitative estimate of drug-likeness (QED) is 0.682. The van der Waals surface area contributed by atoms with Gasteiger partial charge in [-0.25, -0.2) is 4.99 Å². The van der Waals surface area contributed by atoms with Crippen molar-refractivity contribution in [2.75, 3.05) is 38.5 Å². The van der Waals surface area contributed by atoms with Gasteiger partial charge in [0.25, 0.3) is 0 Å². The molecule has 1 aromatic carbocycles. The van der Waals surface area contributed by atoms with E-state index in [-0.39, 0.29) is 0 Å². The highest BCUT2D eigenvalue weighted by Crippen LogP contribution is 2.14. The Kier molecular flexibility index (Phi) is 4.65. The summed E-state index contributed by atoms with van der Waals surface area (Å²) in [6.07, 6.45) is 3.53. The fraction of sp³-hybridized carbons (Fsp3) is 0.294. The fourth-order valence-electron chi connectivity index (χ4n) is 2.39. The molecule has 0 radical (unpaired) electrons. The number of likely N-dealkylation sites (N-methyl/N-ethyl adjacent to an activating group) is 1. The molecule has 0 unspecified atom stereocenters. The van der Waals surface area contributed by atoms with Gasteiger partial charge in [-0.1, -0.05) is 18.2 Å². The molecule has 0 aliphatic carbocycles. The van der Waals surface area contributed by atoms with E-state index < -0.39 is 0 Å². The predicted octanol–water partition coefficient (Wildman–Crippen LogP) is 2.43. The molecular formula is C17H21N5. The van der Waals surface area contributed by atoms with Crippen LogP contribution in [0.1, 0.15) is 0 Å². The summed E-state index contributed by atoms with van der Waals surface area (Å²) in [5.74, 6) is 0.894. The highest BCUT2D eigenvalue weighted by molar-refractivity contribution is 5.95. The fourth-order valence-corrected chi connectivity index (χ4v) is 2.39. The van der Waals surface area contributed by atoms with Crippen molar-refractivity contribution in [1.29, 1.82) is 0 Å². The van der Waals surface area contributed by atoms with Gasteiger partial charge in [-0.2, -0.15) is 0 Å². The first-order valence-corrected chi connectivity index (χ1v) is 7.55. The van der Waals surface area contributed by atoms with E-state index in [9.17, 15) is 0 Å². The second-order valence-corrected chi connectivity index (χ2v) is 5.42. The average molecular weight is 295 g/mol. The maximum atomic E-state index is 4.78. The van der Waals surface area contributed by atoms with E-state index in [1.807, 2.05) is 30.3 Å². The number of aromatic nitrogens is 1. The summed E-state index contributed by atoms with van der Waals surface area (Å²) in [5.41, 5.74) is 1.96. The molecule has 1 aliphatic heterocycles. The number of hydrogen-bond donors (Lipinski definition) is 1. The van der Waals surface area contributed by atoms with Crippen molar-refractivity contribution < 1.29 is 0 Å². The van der Waals surface area contributed by atoms with Crippen molar-refractivity contribution in [2.45, 2.75) is 0 Å². The third kappa shape index (κ3) is 3.83. The molecule has 22 heavy (non-hydrogen) atoms. The number of hydrogen-bond acceptors (Lipinski definition) is 3. The molecular weight excluding hydrogens is 274 g/mol. The molecule has 2 heterocycles. The van der Waals surface area contributed by atoms with Gasteiger partial charge in [0.2, 0.25) is 5.96 Å². The summed E-state index contributed by atoms with van der Waals surface area (Å²) in [6, 6.07) is 14.0. The van der Waals surface area contributed by atoms with Gasteiger partial charge in [-0.15, -0.1) is 0 Å². The van der Waals surface area contributed by atoms with E-state index >= 15 is 0 Å². The van der Waals surface area contributed by atoms with E-state index in [2.05, 4.69) is 39.3 Å². The standard InChI is InChI=1S/C17H21N5/c1-21-11-13-22(14-12-21)17(19-15-5-3-2-4-6-15)20-16-7-9-18-10-8-16/h2-10H,11-14H2,1H3,(H,18,19,20). The van der Waals surface area contributed by atoms with Gasteiger partial charge in [0.15, 0.2) is 0 Å². The topological polar surface area (TPSA) is 43.8 Å². The molecule has 0 atom stereocenters. The van der Waals surface area contributed by atoms with Gasteiger partial charge < -0.3 is 15.1 Å². The van der Waals surface area contributed by atoms with Gasteiger partial charge >= 0.3 is 0 Å². The van der Waals surface area contributed by atoms with Crippen molar-refractivity contribution in [2.24, 2.45) is 4.99 Å². The number of benzene rings is 1. The minimum atomic E-state index is 0.894. The maximum absolute atomic E-state index is 4.78. The molecule has 114 valence electrons. The number of aliphatic imine (C=N–C) groups is 1. The monoisotopic (exact) mass is 295 g/mol. The van der Waals surface area contributed by atoms with Crippen LogP contribution in [0.15, 0.2) is 59.9 Å². The Balaban J connectivity index is 1.83. The Morgan fingerprint density at radius 2 is 1.68 bits per heavy atom. The van der Waals surface area contributed by atoms with Crippen molar-refractivity contribution in [3.63, 3.8) is 0 Å². The summed E-state index contributed by atoms with van der Waals surface area (Å²) in [6.45, 7) is 4.04. The first kappa shape index (κ1) is 14.5. The second kappa shape index (κ2) is 7.04. The lowest BCUT2D eigenvalue weighted by molar-refractivity contribution is 0.215. The summed E-state index contributed by atoms with van der Waals surface area (Å²) >= 11 is 0. The van der Waals surface area contributed by atoms with Crippen LogP contribution in [0.4, 0.5) is 11.4 Å². The van der Waals surface area contributed by atoms with Crippen LogP contribution in [-0.4, -0.2) is 54.0 Å². The number of anilines is 1. The van der Waals surface area contributed by atoms with Gasteiger partial charge in [0, 0.05) is 44.3 Å². The van der Waals surface area contributed by atoms with Gasteiger partial charge in [0.1, 0.15) is 0 Å². The van der Waals surface area contributed by atoms with Gasteiger partial charge in [-0.3, -0.25) is 4.98 Å². The second-order valence-electron chi connectivity index (χ2n) is 5.42. The Labute approximate surface area is 131 Å². The van der Waals surface area contributed by atoms with E-state index in [1.54, 1.807) is 12.4 Å². The van der Waals surface area contributed by atoms with E-state index in [1.165, 1.54) is 0 Å². The number of para-hydroxylation sites is 1. The van der Waals surface area contributed by atoms with Crippen LogP contribution < -0.4 is 5.32 Å². The van der Waals surface area contributed by atoms with E-state index in [0.29, 0.717) is 0 Å². The molecule has 3 rings (SSSR count). The maximum Gasteiger partial charge on any atom is 0.203 e. The third-order valence-electron chi connectivity index (χ3n) is 3.73. The molecule has 1 fully saturated rings. The normalized spacial score (nSPS) is 16.6. The van der Waals surface area contributed by atoms with Crippen LogP contribution >= 0.6 is 0 Å². The molecule has 1 N–H and O–H groups in total. The number of nitrogens with zero attached hydrogens (tertiary/aromatic N) is 4. The number of pyridine rings is 1. The van der Waals surface area contributed by atoms with Gasteiger partial charge in [-0.05, 0) is 31.3 Å². The predicted molar refractivity (Wildman–Crippen MR) is 90.5 cm³/mol. The number of nitrogens with one attached hydrogen (secondary N) is 1. The zero-order valence-corrected chi connectivity index (χ0v) is 12.8. The minimum absolute atomic E-state index is 0.894. The molecule has 1 aliphatic rings. The summed E-state index contributed by atoms with van der Waals surface area (Å²) in [7, 11) is 2.15. The first-order chi connectivity index (χ1) is 10.8. The van der Waals surface area contributed by atoms with Crippen molar-refractivity contribution in [1.82, 2.24) is 14.8 Å². The Morgan fingerprint density at radius 3 is 2.36 bits per heavy atom. The highest BCUT2D eigenvalue weighted by Gasteiger charge is 2.17. The van der Waals surface area contributed by atoms with E-state index in [0.717, 1.165) is 43.5 Å².